The highest BCUT2D eigenvalue weighted by Crippen LogP contribution is 2.08. The van der Waals surface area contributed by atoms with Crippen LogP contribution in [-0.2, 0) is 9.59 Å². The van der Waals surface area contributed by atoms with Gasteiger partial charge in [-0.15, -0.1) is 0 Å². The molecule has 0 radical (unpaired) electrons. The second kappa shape index (κ2) is 8.53. The summed E-state index contributed by atoms with van der Waals surface area (Å²) in [5, 5.41) is 5.28. The topological polar surface area (TPSA) is 80.3 Å². The van der Waals surface area contributed by atoms with Gasteiger partial charge in [0.1, 0.15) is 5.75 Å². The number of aromatic nitrogens is 1. The fourth-order valence-corrected chi connectivity index (χ4v) is 1.89. The molecule has 2 rings (SSSR count). The summed E-state index contributed by atoms with van der Waals surface area (Å²) in [5.41, 5.74) is 0.764. The number of nitrogens with zero attached hydrogens (tertiary/aromatic N) is 1. The molecule has 6 heteroatoms. The summed E-state index contributed by atoms with van der Waals surface area (Å²) in [6, 6.07) is 14.3. The van der Waals surface area contributed by atoms with Crippen LogP contribution in [0.1, 0.15) is 18.7 Å². The van der Waals surface area contributed by atoms with Crippen LogP contribution < -0.4 is 15.4 Å². The Morgan fingerprint density at radius 3 is 2.52 bits per heavy atom. The lowest BCUT2D eigenvalue weighted by atomic mass is 10.2. The number of ether oxygens (including phenoxy) is 1. The van der Waals surface area contributed by atoms with Crippen molar-refractivity contribution in [3.8, 4) is 5.75 Å². The maximum atomic E-state index is 11.8. The Balaban J connectivity index is 1.68. The van der Waals surface area contributed by atoms with Gasteiger partial charge >= 0.3 is 0 Å². The molecule has 0 bridgehead atoms. The highest BCUT2D eigenvalue weighted by molar-refractivity contribution is 5.85. The van der Waals surface area contributed by atoms with Crippen LogP contribution in [0.5, 0.6) is 5.75 Å². The third kappa shape index (κ3) is 5.78. The van der Waals surface area contributed by atoms with Gasteiger partial charge < -0.3 is 15.4 Å². The van der Waals surface area contributed by atoms with Crippen molar-refractivity contribution in [3.63, 3.8) is 0 Å². The number of amides is 2. The molecular formula is C17H19N3O3. The average Bonchev–Trinajstić information content (AvgIpc) is 2.60. The Labute approximate surface area is 134 Å². The molecule has 1 aromatic carbocycles. The predicted molar refractivity (Wildman–Crippen MR) is 85.7 cm³/mol. The zero-order chi connectivity index (χ0) is 16.5. The molecule has 2 aromatic rings. The number of pyridine rings is 1. The molecule has 0 fully saturated rings. The molecule has 2 amide bonds. The molecule has 23 heavy (non-hydrogen) atoms. The smallest absolute Gasteiger partial charge is 0.258 e. The van der Waals surface area contributed by atoms with E-state index in [1.165, 1.54) is 0 Å². The predicted octanol–water partition coefficient (Wildman–Crippen LogP) is 1.45. The van der Waals surface area contributed by atoms with Gasteiger partial charge in [-0.2, -0.15) is 0 Å². The molecule has 0 spiro atoms. The van der Waals surface area contributed by atoms with Gasteiger partial charge in [0, 0.05) is 6.20 Å². The van der Waals surface area contributed by atoms with Crippen molar-refractivity contribution in [1.82, 2.24) is 15.6 Å². The summed E-state index contributed by atoms with van der Waals surface area (Å²) in [6.45, 7) is 1.60. The van der Waals surface area contributed by atoms with Crippen LogP contribution in [0.25, 0.3) is 0 Å². The Kier molecular flexibility index (Phi) is 6.11. The van der Waals surface area contributed by atoms with E-state index in [0.29, 0.717) is 5.75 Å². The summed E-state index contributed by atoms with van der Waals surface area (Å²) in [4.78, 5) is 27.6. The zero-order valence-electron chi connectivity index (χ0n) is 12.9. The molecule has 0 aliphatic rings. The number of para-hydroxylation sites is 1. The number of nitrogens with one attached hydrogen (secondary N) is 2. The van der Waals surface area contributed by atoms with Gasteiger partial charge in [0.15, 0.2) is 6.61 Å². The van der Waals surface area contributed by atoms with Crippen LogP contribution in [0.4, 0.5) is 0 Å². The lowest BCUT2D eigenvalue weighted by Gasteiger charge is -2.13. The first-order chi connectivity index (χ1) is 11.1. The zero-order valence-corrected chi connectivity index (χ0v) is 12.9. The fraction of sp³-hybridized carbons (Fsp3) is 0.235. The highest BCUT2D eigenvalue weighted by Gasteiger charge is 2.11. The van der Waals surface area contributed by atoms with Crippen LogP contribution >= 0.6 is 0 Å². The second-order valence-electron chi connectivity index (χ2n) is 4.92. The number of hydrogen-bond donors (Lipinski definition) is 2. The third-order valence-electron chi connectivity index (χ3n) is 3.07. The quantitative estimate of drug-likeness (QED) is 0.811. The fourth-order valence-electron chi connectivity index (χ4n) is 1.89. The standard InChI is InChI=1S/C17H19N3O3/c1-13(15-9-5-6-10-18-15)20-16(21)11-19-17(22)12-23-14-7-3-2-4-8-14/h2-10,13H,11-12H2,1H3,(H,19,22)(H,20,21)/t13-/m1/s1. The van der Waals surface area contributed by atoms with E-state index in [1.54, 1.807) is 18.3 Å². The average molecular weight is 313 g/mol. The minimum Gasteiger partial charge on any atom is -0.484 e. The molecule has 2 N–H and O–H groups in total. The third-order valence-corrected chi connectivity index (χ3v) is 3.07. The normalized spacial score (nSPS) is 11.3. The molecule has 120 valence electrons. The van der Waals surface area contributed by atoms with Gasteiger partial charge in [-0.1, -0.05) is 24.3 Å². The number of benzene rings is 1. The van der Waals surface area contributed by atoms with Crippen molar-refractivity contribution in [2.24, 2.45) is 0 Å². The first-order valence-electron chi connectivity index (χ1n) is 7.30. The largest absolute Gasteiger partial charge is 0.484 e. The van der Waals surface area contributed by atoms with E-state index in [1.807, 2.05) is 43.3 Å². The Morgan fingerprint density at radius 2 is 1.83 bits per heavy atom. The molecular weight excluding hydrogens is 294 g/mol. The van der Waals surface area contributed by atoms with Gasteiger partial charge in [0.2, 0.25) is 5.91 Å². The Morgan fingerprint density at radius 1 is 1.09 bits per heavy atom. The summed E-state index contributed by atoms with van der Waals surface area (Å²) < 4.78 is 5.30. The van der Waals surface area contributed by atoms with Crippen LogP contribution in [0.15, 0.2) is 54.7 Å². The maximum absolute atomic E-state index is 11.8. The van der Waals surface area contributed by atoms with E-state index in [0.717, 1.165) is 5.69 Å². The van der Waals surface area contributed by atoms with Gasteiger partial charge in [0.25, 0.3) is 5.91 Å². The van der Waals surface area contributed by atoms with Crippen molar-refractivity contribution in [3.05, 3.63) is 60.4 Å². The van der Waals surface area contributed by atoms with E-state index in [4.69, 9.17) is 4.74 Å². The summed E-state index contributed by atoms with van der Waals surface area (Å²) >= 11 is 0. The molecule has 1 heterocycles. The SMILES string of the molecule is C[C@@H](NC(=O)CNC(=O)COc1ccccc1)c1ccccn1. The van der Waals surface area contributed by atoms with E-state index in [2.05, 4.69) is 15.6 Å². The molecule has 0 unspecified atom stereocenters. The minimum atomic E-state index is -0.352. The number of carbonyl (C=O) groups excluding carboxylic acids is 2. The van der Waals surface area contributed by atoms with Crippen LogP contribution in [0.3, 0.4) is 0 Å². The number of rotatable bonds is 7. The first kappa shape index (κ1) is 16.5. The van der Waals surface area contributed by atoms with E-state index < -0.39 is 0 Å². The van der Waals surface area contributed by atoms with Crippen molar-refractivity contribution in [2.75, 3.05) is 13.2 Å². The second-order valence-corrected chi connectivity index (χ2v) is 4.92. The van der Waals surface area contributed by atoms with Crippen molar-refractivity contribution < 1.29 is 14.3 Å². The summed E-state index contributed by atoms with van der Waals surface area (Å²) in [5.74, 6) is -0.0263. The number of hydrogen-bond acceptors (Lipinski definition) is 4. The van der Waals surface area contributed by atoms with E-state index >= 15 is 0 Å². The minimum absolute atomic E-state index is 0.103. The van der Waals surface area contributed by atoms with Crippen molar-refractivity contribution in [1.29, 1.82) is 0 Å². The Bertz CT molecular complexity index is 632. The Hall–Kier alpha value is -2.89. The van der Waals surface area contributed by atoms with Crippen LogP contribution in [-0.4, -0.2) is 29.9 Å². The number of carbonyl (C=O) groups is 2. The van der Waals surface area contributed by atoms with Crippen LogP contribution in [0.2, 0.25) is 0 Å². The monoisotopic (exact) mass is 313 g/mol. The molecule has 1 aromatic heterocycles. The molecule has 0 aliphatic heterocycles. The first-order valence-corrected chi connectivity index (χ1v) is 7.30. The van der Waals surface area contributed by atoms with Gasteiger partial charge in [0.05, 0.1) is 18.3 Å². The molecule has 1 atom stereocenters. The summed E-state index contributed by atoms with van der Waals surface area (Å²) in [6.07, 6.45) is 1.67. The molecule has 6 nitrogen and oxygen atoms in total. The molecule has 0 saturated heterocycles. The van der Waals surface area contributed by atoms with Gasteiger partial charge in [-0.25, -0.2) is 0 Å². The molecule has 0 saturated carbocycles. The van der Waals surface area contributed by atoms with Gasteiger partial charge in [-0.3, -0.25) is 14.6 Å². The lowest BCUT2D eigenvalue weighted by molar-refractivity contribution is -0.127. The highest BCUT2D eigenvalue weighted by atomic mass is 16.5. The van der Waals surface area contributed by atoms with E-state index in [9.17, 15) is 9.59 Å². The maximum Gasteiger partial charge on any atom is 0.258 e. The van der Waals surface area contributed by atoms with Crippen LogP contribution in [0, 0.1) is 0 Å². The van der Waals surface area contributed by atoms with Crippen molar-refractivity contribution in [2.45, 2.75) is 13.0 Å². The van der Waals surface area contributed by atoms with Crippen molar-refractivity contribution >= 4 is 11.8 Å². The van der Waals surface area contributed by atoms with E-state index in [-0.39, 0.29) is 31.0 Å². The lowest BCUT2D eigenvalue weighted by Crippen LogP contribution is -2.39. The van der Waals surface area contributed by atoms with Gasteiger partial charge in [-0.05, 0) is 31.2 Å². The molecule has 0 aliphatic carbocycles. The summed E-state index contributed by atoms with van der Waals surface area (Å²) in [7, 11) is 0.